The van der Waals surface area contributed by atoms with Crippen molar-refractivity contribution in [2.75, 3.05) is 0 Å². The molecule has 0 radical (unpaired) electrons. The van der Waals surface area contributed by atoms with E-state index in [0.29, 0.717) is 18.4 Å². The van der Waals surface area contributed by atoms with Gasteiger partial charge in [-0.2, -0.15) is 0 Å². The van der Waals surface area contributed by atoms with Crippen LogP contribution in [0, 0.1) is 5.92 Å². The lowest BCUT2D eigenvalue weighted by atomic mass is 10.0. The molecular weight excluding hydrogens is 160 g/mol. The minimum absolute atomic E-state index is 0.0718. The first-order valence-electron chi connectivity index (χ1n) is 3.69. The maximum absolute atomic E-state index is 10.6. The highest BCUT2D eigenvalue weighted by atomic mass is 16.4. The lowest BCUT2D eigenvalue weighted by Gasteiger charge is -2.04. The first kappa shape index (κ1) is 8.77. The summed E-state index contributed by atoms with van der Waals surface area (Å²) in [6.07, 6.45) is 1.00. The van der Waals surface area contributed by atoms with Crippen LogP contribution >= 0.6 is 0 Å². The first-order valence-corrected chi connectivity index (χ1v) is 3.69. The highest BCUT2D eigenvalue weighted by Gasteiger charge is 2.33. The number of carboxylic acid groups (broad SMARTS) is 2. The molecule has 66 valence electrons. The van der Waals surface area contributed by atoms with Crippen LogP contribution in [0.1, 0.15) is 19.8 Å². The second-order valence-corrected chi connectivity index (χ2v) is 2.93. The van der Waals surface area contributed by atoms with Crippen LogP contribution in [0.3, 0.4) is 0 Å². The molecule has 2 N–H and O–H groups in total. The molecule has 0 unspecified atom stereocenters. The van der Waals surface area contributed by atoms with E-state index in [1.807, 2.05) is 0 Å². The van der Waals surface area contributed by atoms with E-state index in [1.165, 1.54) is 0 Å². The molecule has 0 fully saturated rings. The van der Waals surface area contributed by atoms with Gasteiger partial charge in [-0.05, 0) is 19.8 Å². The summed E-state index contributed by atoms with van der Waals surface area (Å²) in [5.74, 6) is -2.94. The summed E-state index contributed by atoms with van der Waals surface area (Å²) < 4.78 is 0. The third kappa shape index (κ3) is 1.32. The van der Waals surface area contributed by atoms with E-state index in [-0.39, 0.29) is 5.57 Å². The van der Waals surface area contributed by atoms with Crippen LogP contribution in [0.4, 0.5) is 0 Å². The second kappa shape index (κ2) is 2.97. The smallest absolute Gasteiger partial charge is 0.332 e. The van der Waals surface area contributed by atoms with Gasteiger partial charge in [0.25, 0.3) is 0 Å². The Bertz CT molecular complexity index is 264. The predicted octanol–water partition coefficient (Wildman–Crippen LogP) is 0.882. The molecule has 0 aliphatic heterocycles. The van der Waals surface area contributed by atoms with Gasteiger partial charge in [-0.1, -0.05) is 5.57 Å². The molecule has 1 rings (SSSR count). The lowest BCUT2D eigenvalue weighted by molar-refractivity contribution is -0.143. The minimum atomic E-state index is -1.10. The molecule has 12 heavy (non-hydrogen) atoms. The van der Waals surface area contributed by atoms with Crippen molar-refractivity contribution >= 4 is 11.9 Å². The molecule has 0 aromatic rings. The monoisotopic (exact) mass is 170 g/mol. The molecule has 0 saturated heterocycles. The molecule has 1 atom stereocenters. The summed E-state index contributed by atoms with van der Waals surface area (Å²) >= 11 is 0. The number of hydrogen-bond donors (Lipinski definition) is 2. The Labute approximate surface area is 69.5 Å². The van der Waals surface area contributed by atoms with Crippen molar-refractivity contribution < 1.29 is 19.8 Å². The molecule has 1 aliphatic rings. The van der Waals surface area contributed by atoms with Gasteiger partial charge < -0.3 is 10.2 Å². The Kier molecular flexibility index (Phi) is 2.17. The summed E-state index contributed by atoms with van der Waals surface area (Å²) in [6, 6.07) is 0. The Morgan fingerprint density at radius 2 is 2.00 bits per heavy atom. The quantitative estimate of drug-likeness (QED) is 0.645. The SMILES string of the molecule is CC1=C(C(=O)O)[C@@H](C(=O)O)CC1. The molecule has 1 aliphatic carbocycles. The normalized spacial score (nSPS) is 22.9. The van der Waals surface area contributed by atoms with E-state index in [9.17, 15) is 9.59 Å². The topological polar surface area (TPSA) is 74.6 Å². The van der Waals surface area contributed by atoms with Gasteiger partial charge in [0.1, 0.15) is 0 Å². The molecule has 0 saturated carbocycles. The van der Waals surface area contributed by atoms with E-state index in [2.05, 4.69) is 0 Å². The van der Waals surface area contributed by atoms with Gasteiger partial charge in [-0.15, -0.1) is 0 Å². The number of allylic oxidation sites excluding steroid dienone is 1. The highest BCUT2D eigenvalue weighted by Crippen LogP contribution is 2.31. The van der Waals surface area contributed by atoms with Crippen LogP contribution < -0.4 is 0 Å². The zero-order valence-electron chi connectivity index (χ0n) is 6.70. The molecule has 0 spiro atoms. The van der Waals surface area contributed by atoms with Crippen LogP contribution in [0.5, 0.6) is 0 Å². The number of rotatable bonds is 2. The molecular formula is C8H10O4. The van der Waals surface area contributed by atoms with Crippen molar-refractivity contribution in [2.45, 2.75) is 19.8 Å². The van der Waals surface area contributed by atoms with E-state index in [0.717, 1.165) is 0 Å². The molecule has 4 nitrogen and oxygen atoms in total. The average Bonchev–Trinajstić information content (AvgIpc) is 2.30. The number of hydrogen-bond acceptors (Lipinski definition) is 2. The summed E-state index contributed by atoms with van der Waals surface area (Å²) in [4.78, 5) is 21.2. The molecule has 0 amide bonds. The molecule has 0 aromatic heterocycles. The predicted molar refractivity (Wildman–Crippen MR) is 40.7 cm³/mol. The van der Waals surface area contributed by atoms with Crippen LogP contribution in [-0.4, -0.2) is 22.2 Å². The number of carbonyl (C=O) groups is 2. The largest absolute Gasteiger partial charge is 0.481 e. The minimum Gasteiger partial charge on any atom is -0.481 e. The summed E-state index contributed by atoms with van der Waals surface area (Å²) in [5, 5.41) is 17.3. The van der Waals surface area contributed by atoms with E-state index in [4.69, 9.17) is 10.2 Å². The van der Waals surface area contributed by atoms with Crippen molar-refractivity contribution in [3.8, 4) is 0 Å². The summed E-state index contributed by atoms with van der Waals surface area (Å²) in [5.41, 5.74) is 0.761. The van der Waals surface area contributed by atoms with E-state index in [1.54, 1.807) is 6.92 Å². The summed E-state index contributed by atoms with van der Waals surface area (Å²) in [6.45, 7) is 1.67. The zero-order valence-corrected chi connectivity index (χ0v) is 6.70. The molecule has 4 heteroatoms. The number of carboxylic acids is 2. The molecule has 0 bridgehead atoms. The lowest BCUT2D eigenvalue weighted by Crippen LogP contribution is -2.18. The van der Waals surface area contributed by atoms with Gasteiger partial charge in [0.15, 0.2) is 0 Å². The van der Waals surface area contributed by atoms with Crippen LogP contribution in [0.15, 0.2) is 11.1 Å². The highest BCUT2D eigenvalue weighted by molar-refractivity contribution is 5.95. The first-order chi connectivity index (χ1) is 5.54. The van der Waals surface area contributed by atoms with Gasteiger partial charge in [-0.25, -0.2) is 4.79 Å². The molecule has 0 heterocycles. The van der Waals surface area contributed by atoms with Gasteiger partial charge in [0, 0.05) is 0 Å². The van der Waals surface area contributed by atoms with Crippen LogP contribution in [0.2, 0.25) is 0 Å². The Morgan fingerprint density at radius 3 is 2.33 bits per heavy atom. The van der Waals surface area contributed by atoms with Gasteiger partial charge in [-0.3, -0.25) is 4.79 Å². The van der Waals surface area contributed by atoms with E-state index < -0.39 is 17.9 Å². The van der Waals surface area contributed by atoms with Gasteiger partial charge >= 0.3 is 11.9 Å². The maximum Gasteiger partial charge on any atom is 0.332 e. The molecule has 0 aromatic carbocycles. The standard InChI is InChI=1S/C8H10O4/c1-4-2-3-5(7(9)10)6(4)8(11)12/h5H,2-3H2,1H3,(H,9,10)(H,11,12)/t5-/m0/s1. The van der Waals surface area contributed by atoms with Gasteiger partial charge in [0.2, 0.25) is 0 Å². The fraction of sp³-hybridized carbons (Fsp3) is 0.500. The van der Waals surface area contributed by atoms with Crippen LogP contribution in [-0.2, 0) is 9.59 Å². The Hall–Kier alpha value is -1.32. The summed E-state index contributed by atoms with van der Waals surface area (Å²) in [7, 11) is 0. The van der Waals surface area contributed by atoms with Crippen molar-refractivity contribution in [1.82, 2.24) is 0 Å². The van der Waals surface area contributed by atoms with E-state index >= 15 is 0 Å². The fourth-order valence-corrected chi connectivity index (χ4v) is 1.52. The maximum atomic E-state index is 10.6. The number of aliphatic carboxylic acids is 2. The van der Waals surface area contributed by atoms with Crippen LogP contribution in [0.25, 0.3) is 0 Å². The van der Waals surface area contributed by atoms with Crippen molar-refractivity contribution in [3.05, 3.63) is 11.1 Å². The van der Waals surface area contributed by atoms with Crippen molar-refractivity contribution in [3.63, 3.8) is 0 Å². The van der Waals surface area contributed by atoms with Crippen molar-refractivity contribution in [1.29, 1.82) is 0 Å². The average molecular weight is 170 g/mol. The van der Waals surface area contributed by atoms with Crippen molar-refractivity contribution in [2.24, 2.45) is 5.92 Å². The second-order valence-electron chi connectivity index (χ2n) is 2.93. The van der Waals surface area contributed by atoms with Gasteiger partial charge in [0.05, 0.1) is 11.5 Å². The third-order valence-corrected chi connectivity index (χ3v) is 2.14. The third-order valence-electron chi connectivity index (χ3n) is 2.14. The Balaban J connectivity index is 2.97. The fourth-order valence-electron chi connectivity index (χ4n) is 1.52. The Morgan fingerprint density at radius 1 is 1.42 bits per heavy atom. The zero-order chi connectivity index (χ0) is 9.30.